The van der Waals surface area contributed by atoms with Crippen LogP contribution in [0.2, 0.25) is 0 Å². The van der Waals surface area contributed by atoms with Crippen LogP contribution in [0.3, 0.4) is 0 Å². The van der Waals surface area contributed by atoms with E-state index in [2.05, 4.69) is 209 Å². The molecule has 3 nitrogen and oxygen atoms in total. The average molecular weight is 805 g/mol. The van der Waals surface area contributed by atoms with Crippen molar-refractivity contribution in [2.75, 3.05) is 18.5 Å². The van der Waals surface area contributed by atoms with Crippen LogP contribution >= 0.6 is 23.8 Å². The first-order chi connectivity index (χ1) is 24.7. The second-order valence-electron chi connectivity index (χ2n) is 11.6. The normalized spacial score (nSPS) is 10.2. The molecule has 0 aliphatic heterocycles. The molecule has 0 amide bonds. The average Bonchev–Trinajstić information content (AvgIpc) is 3.22. The van der Waals surface area contributed by atoms with Gasteiger partial charge in [-0.15, -0.1) is 0 Å². The van der Waals surface area contributed by atoms with Crippen molar-refractivity contribution in [1.82, 2.24) is 0 Å². The fourth-order valence-electron chi connectivity index (χ4n) is 5.94. The summed E-state index contributed by atoms with van der Waals surface area (Å²) in [5.74, 6) is 0. The maximum atomic E-state index is 7.50. The van der Waals surface area contributed by atoms with E-state index in [1.54, 1.807) is 0 Å². The zero-order valence-electron chi connectivity index (χ0n) is 28.4. The Balaban J connectivity index is 0.00000122. The van der Waals surface area contributed by atoms with E-state index in [1.807, 2.05) is 0 Å². The summed E-state index contributed by atoms with van der Waals surface area (Å²) in [4.78, 5) is 0. The second-order valence-corrected chi connectivity index (χ2v) is 18.2. The van der Waals surface area contributed by atoms with Crippen molar-refractivity contribution in [3.05, 3.63) is 202 Å². The summed E-state index contributed by atoms with van der Waals surface area (Å²) in [7, 11) is -1.66. The molecule has 0 bridgehead atoms. The van der Waals surface area contributed by atoms with Crippen LogP contribution in [0, 0.1) is 25.4 Å². The van der Waals surface area contributed by atoms with E-state index in [0.717, 1.165) is 18.5 Å². The van der Waals surface area contributed by atoms with E-state index in [-0.39, 0.29) is 26.5 Å². The number of hydrogen-bond acceptors (Lipinski definition) is 0. The molecule has 0 fully saturated rings. The maximum Gasteiger partial charge on any atom is 0 e. The molecule has 0 N–H and O–H groups in total. The minimum Gasteiger partial charge on any atom is 0 e. The predicted molar refractivity (Wildman–Crippen MR) is 212 cm³/mol. The Morgan fingerprint density at radius 1 is 0.333 bits per heavy atom. The molecule has 0 spiro atoms. The zero-order chi connectivity index (χ0) is 36.0. The monoisotopic (exact) mass is 806 g/mol. The van der Waals surface area contributed by atoms with Crippen molar-refractivity contribution >= 4 is 55.6 Å². The number of hydrogen-bond donors (Lipinski definition) is 0. The molecular formula is C44H39MoO3P3. The first kappa shape index (κ1) is 43.7. The molecule has 7 heteroatoms. The van der Waals surface area contributed by atoms with Gasteiger partial charge in [-0.05, 0) is 79.5 Å². The molecule has 6 aromatic carbocycles. The molecule has 0 aromatic heterocycles. The molecule has 0 saturated carbocycles. The number of benzene rings is 6. The Bertz CT molecular complexity index is 1500. The van der Waals surface area contributed by atoms with Crippen LogP contribution in [0.25, 0.3) is 0 Å². The first-order valence-corrected chi connectivity index (χ1v) is 20.5. The Morgan fingerprint density at radius 3 is 0.608 bits per heavy atom. The SMILES string of the molecule is CC(CP(c1ccccc1)c1ccccc1)(CP(c1ccccc1)c1ccccc1)CP(c1ccccc1)c1ccccc1.[C-]#[O+].[C-]#[O+].[C-]#[O+].[Mo]. The maximum absolute atomic E-state index is 7.50. The Morgan fingerprint density at radius 2 is 0.471 bits per heavy atom. The fourth-order valence-corrected chi connectivity index (χ4v) is 14.6. The van der Waals surface area contributed by atoms with Crippen LogP contribution in [-0.2, 0) is 35.0 Å². The van der Waals surface area contributed by atoms with Gasteiger partial charge in [0.05, 0.1) is 0 Å². The summed E-state index contributed by atoms with van der Waals surface area (Å²) in [6.45, 7) is 16.1. The Kier molecular flexibility index (Phi) is 21.1. The van der Waals surface area contributed by atoms with E-state index in [4.69, 9.17) is 14.0 Å². The smallest absolute Gasteiger partial charge is 0 e. The third kappa shape index (κ3) is 13.2. The molecule has 0 saturated heterocycles. The molecular weight excluding hydrogens is 765 g/mol. The summed E-state index contributed by atoms with van der Waals surface area (Å²) < 4.78 is 22.5. The fraction of sp³-hybridized carbons (Fsp3) is 0.114. The quantitative estimate of drug-likeness (QED) is 0.0518. The Hall–Kier alpha value is -3.48. The molecule has 254 valence electrons. The third-order valence-electron chi connectivity index (χ3n) is 8.03. The summed E-state index contributed by atoms with van der Waals surface area (Å²) in [5.41, 5.74) is 0.0756. The third-order valence-corrected chi connectivity index (χ3v) is 16.8. The molecule has 6 rings (SSSR count). The van der Waals surface area contributed by atoms with Crippen molar-refractivity contribution in [3.63, 3.8) is 0 Å². The van der Waals surface area contributed by atoms with Gasteiger partial charge in [0.25, 0.3) is 0 Å². The first-order valence-electron chi connectivity index (χ1n) is 15.9. The molecule has 6 aromatic rings. The van der Waals surface area contributed by atoms with Crippen molar-refractivity contribution in [1.29, 1.82) is 0 Å². The number of rotatable bonds is 12. The summed E-state index contributed by atoms with van der Waals surface area (Å²) in [6.07, 6.45) is 3.44. The minimum absolute atomic E-state index is 0. The van der Waals surface area contributed by atoms with Gasteiger partial charge in [-0.2, -0.15) is 0 Å². The molecule has 0 radical (unpaired) electrons. The van der Waals surface area contributed by atoms with E-state index in [0.29, 0.717) is 0 Å². The van der Waals surface area contributed by atoms with Crippen LogP contribution in [0.1, 0.15) is 6.92 Å². The van der Waals surface area contributed by atoms with Gasteiger partial charge >= 0.3 is 33.9 Å². The van der Waals surface area contributed by atoms with Gasteiger partial charge in [-0.3, -0.25) is 0 Å². The van der Waals surface area contributed by atoms with E-state index >= 15 is 0 Å². The summed E-state index contributed by atoms with van der Waals surface area (Å²) >= 11 is 0. The molecule has 0 aliphatic carbocycles. The molecule has 0 atom stereocenters. The van der Waals surface area contributed by atoms with Crippen LogP contribution in [0.5, 0.6) is 0 Å². The summed E-state index contributed by atoms with van der Waals surface area (Å²) in [5, 5.41) is 8.79. The van der Waals surface area contributed by atoms with Gasteiger partial charge in [0.1, 0.15) is 0 Å². The molecule has 51 heavy (non-hydrogen) atoms. The van der Waals surface area contributed by atoms with Gasteiger partial charge in [-0.1, -0.05) is 189 Å². The van der Waals surface area contributed by atoms with Gasteiger partial charge in [-0.25, -0.2) is 0 Å². The van der Waals surface area contributed by atoms with Crippen LogP contribution in [-0.4, -0.2) is 18.5 Å². The van der Waals surface area contributed by atoms with E-state index in [1.165, 1.54) is 31.8 Å². The molecule has 0 aliphatic rings. The van der Waals surface area contributed by atoms with E-state index in [9.17, 15) is 0 Å². The Labute approximate surface area is 321 Å². The zero-order valence-corrected chi connectivity index (χ0v) is 33.1. The van der Waals surface area contributed by atoms with Crippen molar-refractivity contribution in [3.8, 4) is 0 Å². The van der Waals surface area contributed by atoms with Crippen LogP contribution in [0.4, 0.5) is 0 Å². The largest absolute Gasteiger partial charge is 0 e. The minimum atomic E-state index is -0.555. The molecule has 0 heterocycles. The van der Waals surface area contributed by atoms with Crippen LogP contribution in [0.15, 0.2) is 182 Å². The van der Waals surface area contributed by atoms with Crippen molar-refractivity contribution in [2.45, 2.75) is 6.92 Å². The van der Waals surface area contributed by atoms with Gasteiger partial charge < -0.3 is 0 Å². The predicted octanol–water partition coefficient (Wildman–Crippen LogP) is 8.28. The van der Waals surface area contributed by atoms with Gasteiger partial charge in [0.15, 0.2) is 0 Å². The second kappa shape index (κ2) is 24.7. The van der Waals surface area contributed by atoms with Crippen molar-refractivity contribution < 1.29 is 35.0 Å². The van der Waals surface area contributed by atoms with Crippen LogP contribution < -0.4 is 31.8 Å². The molecule has 0 unspecified atom stereocenters. The van der Waals surface area contributed by atoms with Gasteiger partial charge in [0.2, 0.25) is 0 Å². The topological polar surface area (TPSA) is 59.7 Å². The summed E-state index contributed by atoms with van der Waals surface area (Å²) in [6, 6.07) is 67.7. The van der Waals surface area contributed by atoms with Crippen molar-refractivity contribution in [2.24, 2.45) is 5.41 Å². The van der Waals surface area contributed by atoms with E-state index < -0.39 is 23.8 Å². The standard InChI is InChI=1S/C41H39P3.3CO.Mo/c1-41(32-42(35-20-8-2-9-21-35)36-22-10-3-11-23-36,33-43(37-24-12-4-13-25-37)38-26-14-5-15-27-38)34-44(39-28-16-6-17-29-39)40-30-18-7-19-31-40;3*1-2;/h2-31H,32-34H2,1H3;;;;. The van der Waals surface area contributed by atoms with Gasteiger partial charge in [0, 0.05) is 21.1 Å².